The minimum Gasteiger partial charge on any atom is -0.381 e. The van der Waals surface area contributed by atoms with Gasteiger partial charge in [-0.2, -0.15) is 0 Å². The molecule has 94 valence electrons. The quantitative estimate of drug-likeness (QED) is 0.668. The topological polar surface area (TPSA) is 12.5 Å². The van der Waals surface area contributed by atoms with Gasteiger partial charge in [-0.05, 0) is 44.6 Å². The van der Waals surface area contributed by atoms with E-state index in [1.54, 1.807) is 0 Å². The SMILES string of the molecule is ClCCCN(CC1CCOCC1)C1CCC1. The normalized spacial score (nSPS) is 23.6. The number of rotatable bonds is 6. The van der Waals surface area contributed by atoms with E-state index in [0.717, 1.165) is 37.5 Å². The summed E-state index contributed by atoms with van der Waals surface area (Å²) in [6.45, 7) is 4.42. The molecule has 1 saturated heterocycles. The van der Waals surface area contributed by atoms with Gasteiger partial charge in [0.25, 0.3) is 0 Å². The Bertz CT molecular complexity index is 190. The van der Waals surface area contributed by atoms with E-state index in [1.165, 1.54) is 45.2 Å². The van der Waals surface area contributed by atoms with Crippen LogP contribution in [0.2, 0.25) is 0 Å². The van der Waals surface area contributed by atoms with Crippen molar-refractivity contribution in [2.45, 2.75) is 44.6 Å². The zero-order chi connectivity index (χ0) is 11.2. The standard InChI is InChI=1S/C13H24ClNO/c14-7-2-8-15(13-3-1-4-13)11-12-5-9-16-10-6-12/h12-13H,1-11H2. The van der Waals surface area contributed by atoms with Crippen LogP contribution in [0, 0.1) is 5.92 Å². The number of halogens is 1. The van der Waals surface area contributed by atoms with E-state index >= 15 is 0 Å². The third-order valence-corrected chi connectivity index (χ3v) is 4.27. The Morgan fingerprint density at radius 3 is 2.44 bits per heavy atom. The summed E-state index contributed by atoms with van der Waals surface area (Å²) >= 11 is 5.81. The zero-order valence-corrected chi connectivity index (χ0v) is 10.9. The highest BCUT2D eigenvalue weighted by atomic mass is 35.5. The first-order valence-electron chi connectivity index (χ1n) is 6.78. The molecule has 2 aliphatic rings. The largest absolute Gasteiger partial charge is 0.381 e. The van der Waals surface area contributed by atoms with E-state index in [9.17, 15) is 0 Å². The predicted octanol–water partition coefficient (Wildman–Crippen LogP) is 2.90. The molecule has 1 saturated carbocycles. The molecule has 1 aliphatic carbocycles. The third-order valence-electron chi connectivity index (χ3n) is 4.00. The highest BCUT2D eigenvalue weighted by Crippen LogP contribution is 2.27. The monoisotopic (exact) mass is 245 g/mol. The van der Waals surface area contributed by atoms with Gasteiger partial charge in [-0.25, -0.2) is 0 Å². The molecule has 0 aromatic heterocycles. The number of alkyl halides is 1. The van der Waals surface area contributed by atoms with Gasteiger partial charge in [-0.3, -0.25) is 0 Å². The molecule has 16 heavy (non-hydrogen) atoms. The van der Waals surface area contributed by atoms with Crippen molar-refractivity contribution in [1.29, 1.82) is 0 Å². The van der Waals surface area contributed by atoms with E-state index in [0.29, 0.717) is 0 Å². The van der Waals surface area contributed by atoms with Crippen LogP contribution in [0.5, 0.6) is 0 Å². The van der Waals surface area contributed by atoms with Crippen molar-refractivity contribution in [3.63, 3.8) is 0 Å². The average molecular weight is 246 g/mol. The Labute approximate surface area is 104 Å². The molecule has 0 N–H and O–H groups in total. The second kappa shape index (κ2) is 6.83. The maximum Gasteiger partial charge on any atom is 0.0469 e. The molecule has 0 unspecified atom stereocenters. The lowest BCUT2D eigenvalue weighted by molar-refractivity contribution is 0.0351. The maximum atomic E-state index is 5.81. The maximum absolute atomic E-state index is 5.81. The lowest BCUT2D eigenvalue weighted by Gasteiger charge is -2.40. The molecule has 3 heteroatoms. The van der Waals surface area contributed by atoms with E-state index in [-0.39, 0.29) is 0 Å². The van der Waals surface area contributed by atoms with Gasteiger partial charge in [-0.1, -0.05) is 6.42 Å². The van der Waals surface area contributed by atoms with Crippen molar-refractivity contribution < 1.29 is 4.74 Å². The minimum absolute atomic E-state index is 0.803. The van der Waals surface area contributed by atoms with E-state index in [2.05, 4.69) is 4.90 Å². The summed E-state index contributed by atoms with van der Waals surface area (Å²) in [4.78, 5) is 2.70. The summed E-state index contributed by atoms with van der Waals surface area (Å²) in [5.41, 5.74) is 0. The van der Waals surface area contributed by atoms with E-state index < -0.39 is 0 Å². The van der Waals surface area contributed by atoms with Crippen molar-refractivity contribution in [1.82, 2.24) is 4.90 Å². The molecule has 0 aromatic rings. The lowest BCUT2D eigenvalue weighted by atomic mass is 9.89. The summed E-state index contributed by atoms with van der Waals surface area (Å²) in [6.07, 6.45) is 7.89. The van der Waals surface area contributed by atoms with Gasteiger partial charge in [0.05, 0.1) is 0 Å². The molecule has 0 spiro atoms. The molecule has 1 heterocycles. The van der Waals surface area contributed by atoms with Crippen LogP contribution in [0.1, 0.15) is 38.5 Å². The number of nitrogens with zero attached hydrogens (tertiary/aromatic N) is 1. The van der Waals surface area contributed by atoms with Gasteiger partial charge in [0, 0.05) is 31.7 Å². The molecule has 2 rings (SSSR count). The first kappa shape index (κ1) is 12.7. The van der Waals surface area contributed by atoms with Crippen LogP contribution in [0.25, 0.3) is 0 Å². The lowest BCUT2D eigenvalue weighted by Crippen LogP contribution is -2.44. The predicted molar refractivity (Wildman–Crippen MR) is 68.1 cm³/mol. The second-order valence-electron chi connectivity index (χ2n) is 5.18. The van der Waals surface area contributed by atoms with Crippen LogP contribution >= 0.6 is 11.6 Å². The second-order valence-corrected chi connectivity index (χ2v) is 5.56. The third kappa shape index (κ3) is 3.61. The number of hydrogen-bond acceptors (Lipinski definition) is 2. The van der Waals surface area contributed by atoms with Crippen molar-refractivity contribution in [2.75, 3.05) is 32.2 Å². The summed E-state index contributed by atoms with van der Waals surface area (Å²) in [7, 11) is 0. The van der Waals surface area contributed by atoms with Crippen LogP contribution in [-0.2, 0) is 4.74 Å². The molecular formula is C13H24ClNO. The summed E-state index contributed by atoms with van der Waals surface area (Å²) < 4.78 is 5.42. The Morgan fingerprint density at radius 1 is 1.12 bits per heavy atom. The van der Waals surface area contributed by atoms with Crippen LogP contribution < -0.4 is 0 Å². The Balaban J connectivity index is 1.75. The number of hydrogen-bond donors (Lipinski definition) is 0. The summed E-state index contributed by atoms with van der Waals surface area (Å²) in [6, 6.07) is 0.867. The van der Waals surface area contributed by atoms with Crippen LogP contribution in [-0.4, -0.2) is 43.1 Å². The fourth-order valence-corrected chi connectivity index (χ4v) is 2.82. The fourth-order valence-electron chi connectivity index (χ4n) is 2.70. The number of ether oxygens (including phenoxy) is 1. The molecule has 0 aromatic carbocycles. The van der Waals surface area contributed by atoms with Gasteiger partial charge in [0.1, 0.15) is 0 Å². The van der Waals surface area contributed by atoms with Gasteiger partial charge < -0.3 is 9.64 Å². The van der Waals surface area contributed by atoms with Gasteiger partial charge in [0.2, 0.25) is 0 Å². The fraction of sp³-hybridized carbons (Fsp3) is 1.00. The van der Waals surface area contributed by atoms with Crippen molar-refractivity contribution >= 4 is 11.6 Å². The van der Waals surface area contributed by atoms with Crippen molar-refractivity contribution in [3.05, 3.63) is 0 Å². The van der Waals surface area contributed by atoms with Gasteiger partial charge >= 0.3 is 0 Å². The van der Waals surface area contributed by atoms with Crippen LogP contribution in [0.4, 0.5) is 0 Å². The minimum atomic E-state index is 0.803. The molecule has 0 radical (unpaired) electrons. The molecular weight excluding hydrogens is 222 g/mol. The van der Waals surface area contributed by atoms with Crippen LogP contribution in [0.15, 0.2) is 0 Å². The summed E-state index contributed by atoms with van der Waals surface area (Å²) in [5, 5.41) is 0. The van der Waals surface area contributed by atoms with Crippen molar-refractivity contribution in [2.24, 2.45) is 5.92 Å². The zero-order valence-electron chi connectivity index (χ0n) is 10.2. The van der Waals surface area contributed by atoms with Crippen LogP contribution in [0.3, 0.4) is 0 Å². The summed E-state index contributed by atoms with van der Waals surface area (Å²) in [5.74, 6) is 1.67. The molecule has 2 nitrogen and oxygen atoms in total. The highest BCUT2D eigenvalue weighted by Gasteiger charge is 2.27. The van der Waals surface area contributed by atoms with E-state index in [4.69, 9.17) is 16.3 Å². The first-order valence-corrected chi connectivity index (χ1v) is 7.31. The van der Waals surface area contributed by atoms with E-state index in [1.807, 2.05) is 0 Å². The van der Waals surface area contributed by atoms with Gasteiger partial charge in [0.15, 0.2) is 0 Å². The molecule has 0 bridgehead atoms. The Morgan fingerprint density at radius 2 is 1.88 bits per heavy atom. The first-order chi connectivity index (χ1) is 7.90. The van der Waals surface area contributed by atoms with Crippen molar-refractivity contribution in [3.8, 4) is 0 Å². The molecule has 0 atom stereocenters. The smallest absolute Gasteiger partial charge is 0.0469 e. The average Bonchev–Trinajstić information content (AvgIpc) is 2.25. The molecule has 1 aliphatic heterocycles. The van der Waals surface area contributed by atoms with Gasteiger partial charge in [-0.15, -0.1) is 11.6 Å². The molecule has 0 amide bonds. The highest BCUT2D eigenvalue weighted by molar-refractivity contribution is 6.17. The Kier molecular flexibility index (Phi) is 5.40. The molecule has 2 fully saturated rings. The Hall–Kier alpha value is 0.210.